The highest BCUT2D eigenvalue weighted by atomic mass is 35.5. The molecule has 5 heteroatoms. The average Bonchev–Trinajstić information content (AvgIpc) is 3.09. The molecule has 0 unspecified atom stereocenters. The number of hydrogen-bond donors (Lipinski definition) is 1. The quantitative estimate of drug-likeness (QED) is 0.591. The summed E-state index contributed by atoms with van der Waals surface area (Å²) in [6.07, 6.45) is 1.90. The summed E-state index contributed by atoms with van der Waals surface area (Å²) in [5, 5.41) is 5.24. The first-order chi connectivity index (χ1) is 11.7. The minimum atomic E-state index is -0.467. The molecule has 0 atom stereocenters. The first-order valence-corrected chi connectivity index (χ1v) is 8.71. The molecule has 3 nitrogen and oxygen atoms in total. The highest BCUT2D eigenvalue weighted by Gasteiger charge is 2.02. The molecule has 24 heavy (non-hydrogen) atoms. The molecule has 2 rings (SSSR count). The Hall–Kier alpha value is -2.40. The second kappa shape index (κ2) is 10.4. The van der Waals surface area contributed by atoms with Gasteiger partial charge in [-0.3, -0.25) is 5.32 Å². The number of amides is 1. The van der Waals surface area contributed by atoms with E-state index < -0.39 is 6.09 Å². The van der Waals surface area contributed by atoms with Gasteiger partial charge < -0.3 is 4.74 Å². The van der Waals surface area contributed by atoms with Crippen LogP contribution in [0.5, 0.6) is 0 Å². The zero-order valence-corrected chi connectivity index (χ0v) is 14.5. The molecule has 0 spiro atoms. The van der Waals surface area contributed by atoms with Gasteiger partial charge in [0.15, 0.2) is 0 Å². The number of anilines is 1. The van der Waals surface area contributed by atoms with Crippen LogP contribution in [-0.4, -0.2) is 12.7 Å². The molecule has 1 aromatic heterocycles. The van der Waals surface area contributed by atoms with Crippen molar-refractivity contribution in [2.24, 2.45) is 0 Å². The molecule has 0 radical (unpaired) electrons. The minimum Gasteiger partial charge on any atom is -0.449 e. The van der Waals surface area contributed by atoms with Crippen molar-refractivity contribution in [1.82, 2.24) is 0 Å². The number of hydrogen-bond acceptors (Lipinski definition) is 3. The number of thiophene rings is 1. The normalized spacial score (nSPS) is 9.21. The van der Waals surface area contributed by atoms with Crippen molar-refractivity contribution in [2.45, 2.75) is 19.3 Å². The van der Waals surface area contributed by atoms with Crippen LogP contribution in [0.1, 0.15) is 24.1 Å². The molecule has 0 saturated heterocycles. The molecule has 0 bridgehead atoms. The van der Waals surface area contributed by atoms with Crippen LogP contribution < -0.4 is 5.32 Å². The van der Waals surface area contributed by atoms with Gasteiger partial charge in [0.25, 0.3) is 0 Å². The Bertz CT molecular complexity index is 762. The van der Waals surface area contributed by atoms with Gasteiger partial charge in [0.2, 0.25) is 0 Å². The monoisotopic (exact) mass is 357 g/mol. The predicted octanol–water partition coefficient (Wildman–Crippen LogP) is 5.18. The maximum absolute atomic E-state index is 11.6. The summed E-state index contributed by atoms with van der Waals surface area (Å²) in [7, 11) is 0. The first-order valence-electron chi connectivity index (χ1n) is 7.46. The SMILES string of the molecule is O=C(Nc1ccc(Cl)cc1)OCCCCC#CC#Cc1cccs1. The predicted molar refractivity (Wildman–Crippen MR) is 99.2 cm³/mol. The Labute approximate surface area is 151 Å². The second-order valence-corrected chi connectivity index (χ2v) is 6.14. The fraction of sp³-hybridized carbons (Fsp3) is 0.211. The van der Waals surface area contributed by atoms with E-state index >= 15 is 0 Å². The zero-order valence-electron chi connectivity index (χ0n) is 13.0. The highest BCUT2D eigenvalue weighted by Crippen LogP contribution is 2.13. The lowest BCUT2D eigenvalue weighted by molar-refractivity contribution is 0.159. The van der Waals surface area contributed by atoms with E-state index in [4.69, 9.17) is 16.3 Å². The lowest BCUT2D eigenvalue weighted by Gasteiger charge is -2.06. The fourth-order valence-corrected chi connectivity index (χ4v) is 2.41. The van der Waals surface area contributed by atoms with E-state index in [1.807, 2.05) is 17.5 Å². The van der Waals surface area contributed by atoms with Gasteiger partial charge in [0.05, 0.1) is 11.5 Å². The van der Waals surface area contributed by atoms with E-state index in [2.05, 4.69) is 29.0 Å². The van der Waals surface area contributed by atoms with E-state index in [9.17, 15) is 4.79 Å². The summed E-state index contributed by atoms with van der Waals surface area (Å²) >= 11 is 7.37. The van der Waals surface area contributed by atoms with Crippen LogP contribution in [0.15, 0.2) is 41.8 Å². The molecule has 2 aromatic rings. The lowest BCUT2D eigenvalue weighted by Crippen LogP contribution is -2.14. The number of unbranched alkanes of at least 4 members (excludes halogenated alkanes) is 2. The zero-order chi connectivity index (χ0) is 17.0. The molecule has 1 aromatic carbocycles. The maximum Gasteiger partial charge on any atom is 0.411 e. The van der Waals surface area contributed by atoms with Crippen LogP contribution in [0.2, 0.25) is 5.02 Å². The summed E-state index contributed by atoms with van der Waals surface area (Å²) in [5.41, 5.74) is 0.652. The van der Waals surface area contributed by atoms with Gasteiger partial charge in [-0.2, -0.15) is 0 Å². The number of carbonyl (C=O) groups excluding carboxylic acids is 1. The third-order valence-electron chi connectivity index (χ3n) is 2.88. The third-order valence-corrected chi connectivity index (χ3v) is 3.91. The molecule has 0 fully saturated rings. The van der Waals surface area contributed by atoms with Crippen LogP contribution in [0.4, 0.5) is 10.5 Å². The molecule has 0 aliphatic carbocycles. The van der Waals surface area contributed by atoms with Crippen molar-refractivity contribution >= 4 is 34.7 Å². The topological polar surface area (TPSA) is 38.3 Å². The van der Waals surface area contributed by atoms with Crippen molar-refractivity contribution in [3.63, 3.8) is 0 Å². The summed E-state index contributed by atoms with van der Waals surface area (Å²) in [5.74, 6) is 11.6. The number of carbonyl (C=O) groups is 1. The first kappa shape index (κ1) is 17.9. The molecule has 1 heterocycles. The van der Waals surface area contributed by atoms with Gasteiger partial charge in [-0.05, 0) is 66.3 Å². The number of halogens is 1. The standard InChI is InChI=1S/C19H16ClNO2S/c20-16-10-12-17(13-11-16)21-19(22)23-14-6-4-2-1-3-5-8-18-9-7-15-24-18/h7,9-13,15H,2,4,6,14H2,(H,21,22). The summed E-state index contributed by atoms with van der Waals surface area (Å²) in [6.45, 7) is 0.363. The summed E-state index contributed by atoms with van der Waals surface area (Å²) in [4.78, 5) is 12.6. The van der Waals surface area contributed by atoms with Gasteiger partial charge in [-0.25, -0.2) is 4.79 Å². The van der Waals surface area contributed by atoms with Gasteiger partial charge in [0.1, 0.15) is 0 Å². The molecule has 0 saturated carbocycles. The van der Waals surface area contributed by atoms with E-state index in [0.29, 0.717) is 17.3 Å². The van der Waals surface area contributed by atoms with E-state index in [0.717, 1.165) is 24.1 Å². The molecule has 1 N–H and O–H groups in total. The summed E-state index contributed by atoms with van der Waals surface area (Å²) < 4.78 is 5.10. The van der Waals surface area contributed by atoms with E-state index in [-0.39, 0.29) is 0 Å². The fourth-order valence-electron chi connectivity index (χ4n) is 1.72. The Morgan fingerprint density at radius 1 is 1.17 bits per heavy atom. The Morgan fingerprint density at radius 2 is 2.00 bits per heavy atom. The van der Waals surface area contributed by atoms with Gasteiger partial charge in [0, 0.05) is 17.1 Å². The number of ether oxygens (including phenoxy) is 1. The Kier molecular flexibility index (Phi) is 7.77. The largest absolute Gasteiger partial charge is 0.449 e. The minimum absolute atomic E-state index is 0.363. The van der Waals surface area contributed by atoms with Crippen LogP contribution in [0, 0.1) is 23.7 Å². The Balaban J connectivity index is 1.55. The number of nitrogens with one attached hydrogen (secondary N) is 1. The van der Waals surface area contributed by atoms with E-state index in [1.54, 1.807) is 35.6 Å². The van der Waals surface area contributed by atoms with Gasteiger partial charge in [-0.15, -0.1) is 11.3 Å². The van der Waals surface area contributed by atoms with Crippen molar-refractivity contribution in [2.75, 3.05) is 11.9 Å². The molecule has 1 amide bonds. The van der Waals surface area contributed by atoms with Gasteiger partial charge >= 0.3 is 6.09 Å². The van der Waals surface area contributed by atoms with Gasteiger partial charge in [-0.1, -0.05) is 23.6 Å². The highest BCUT2D eigenvalue weighted by molar-refractivity contribution is 7.10. The van der Waals surface area contributed by atoms with Crippen LogP contribution in [-0.2, 0) is 4.74 Å². The molecular weight excluding hydrogens is 342 g/mol. The van der Waals surface area contributed by atoms with Crippen molar-refractivity contribution < 1.29 is 9.53 Å². The van der Waals surface area contributed by atoms with Crippen molar-refractivity contribution in [3.8, 4) is 23.7 Å². The van der Waals surface area contributed by atoms with E-state index in [1.165, 1.54) is 0 Å². The maximum atomic E-state index is 11.6. The summed E-state index contributed by atoms with van der Waals surface area (Å²) in [6, 6.07) is 10.8. The average molecular weight is 358 g/mol. The Morgan fingerprint density at radius 3 is 2.75 bits per heavy atom. The third kappa shape index (κ3) is 7.24. The molecule has 0 aliphatic rings. The van der Waals surface area contributed by atoms with Crippen molar-refractivity contribution in [1.29, 1.82) is 0 Å². The van der Waals surface area contributed by atoms with Crippen molar-refractivity contribution in [3.05, 3.63) is 51.7 Å². The van der Waals surface area contributed by atoms with Crippen LogP contribution >= 0.6 is 22.9 Å². The number of rotatable bonds is 5. The second-order valence-electron chi connectivity index (χ2n) is 4.75. The molecule has 0 aliphatic heterocycles. The number of benzene rings is 1. The van der Waals surface area contributed by atoms with Crippen LogP contribution in [0.3, 0.4) is 0 Å². The smallest absolute Gasteiger partial charge is 0.411 e. The molecule has 122 valence electrons. The molecular formula is C19H16ClNO2S. The van der Waals surface area contributed by atoms with Crippen LogP contribution in [0.25, 0.3) is 0 Å². The lowest BCUT2D eigenvalue weighted by atomic mass is 10.2.